The number of carbonyl (C=O) groups is 2. The number of hydrogen-bond donors (Lipinski definition) is 2. The maximum absolute atomic E-state index is 13.0. The van der Waals surface area contributed by atoms with Gasteiger partial charge in [0.2, 0.25) is 17.6 Å². The average Bonchev–Trinajstić information content (AvgIpc) is 3.19. The Labute approximate surface area is 171 Å². The highest BCUT2D eigenvalue weighted by Crippen LogP contribution is 2.16. The van der Waals surface area contributed by atoms with Crippen LogP contribution < -0.4 is 10.6 Å². The molecule has 29 heavy (non-hydrogen) atoms. The van der Waals surface area contributed by atoms with Gasteiger partial charge >= 0.3 is 0 Å². The molecule has 3 aromatic rings. The van der Waals surface area contributed by atoms with Crippen molar-refractivity contribution in [2.24, 2.45) is 0 Å². The Morgan fingerprint density at radius 1 is 1.00 bits per heavy atom. The molecule has 9 heteroatoms. The number of halogens is 2. The first-order valence-corrected chi connectivity index (χ1v) is 9.28. The highest BCUT2D eigenvalue weighted by Gasteiger charge is 2.11. The molecule has 0 aliphatic heterocycles. The predicted octanol–water partition coefficient (Wildman–Crippen LogP) is 3.01. The summed E-state index contributed by atoms with van der Waals surface area (Å²) >= 11 is 5.78. The van der Waals surface area contributed by atoms with Gasteiger partial charge in [0.25, 0.3) is 5.91 Å². The monoisotopic (exact) mass is 416 g/mol. The molecule has 0 atom stereocenters. The standard InChI is InChI=1S/C20H18ClFN4O3/c21-15-5-1-14(2-6-15)20(28)24-12-11-23-17(27)9-10-18-25-19(26-29-18)13-3-7-16(22)8-4-13/h1-8H,9-12H2,(H,23,27)(H,24,28). The van der Waals surface area contributed by atoms with Gasteiger partial charge in [-0.15, -0.1) is 0 Å². The lowest BCUT2D eigenvalue weighted by atomic mass is 10.2. The van der Waals surface area contributed by atoms with E-state index >= 15 is 0 Å². The molecule has 2 amide bonds. The molecule has 0 spiro atoms. The fourth-order valence-electron chi connectivity index (χ4n) is 2.46. The Morgan fingerprint density at radius 2 is 1.69 bits per heavy atom. The van der Waals surface area contributed by atoms with Crippen LogP contribution in [0, 0.1) is 5.82 Å². The van der Waals surface area contributed by atoms with Crippen LogP contribution >= 0.6 is 11.6 Å². The summed E-state index contributed by atoms with van der Waals surface area (Å²) in [5.74, 6) is -0.137. The second kappa shape index (κ2) is 9.79. The number of aromatic nitrogens is 2. The summed E-state index contributed by atoms with van der Waals surface area (Å²) in [5.41, 5.74) is 1.12. The van der Waals surface area contributed by atoms with Gasteiger partial charge in [0, 0.05) is 42.1 Å². The number of nitrogens with zero attached hydrogens (tertiary/aromatic N) is 2. The molecular formula is C20H18ClFN4O3. The van der Waals surface area contributed by atoms with E-state index < -0.39 is 0 Å². The fraction of sp³-hybridized carbons (Fsp3) is 0.200. The fourth-order valence-corrected chi connectivity index (χ4v) is 2.59. The lowest BCUT2D eigenvalue weighted by Crippen LogP contribution is -2.34. The van der Waals surface area contributed by atoms with Crippen LogP contribution in [-0.4, -0.2) is 35.0 Å². The summed E-state index contributed by atoms with van der Waals surface area (Å²) < 4.78 is 18.1. The second-order valence-corrected chi connectivity index (χ2v) is 6.57. The van der Waals surface area contributed by atoms with Gasteiger partial charge in [0.05, 0.1) is 0 Å². The Morgan fingerprint density at radius 3 is 2.41 bits per heavy atom. The molecular weight excluding hydrogens is 399 g/mol. The molecule has 1 heterocycles. The second-order valence-electron chi connectivity index (χ2n) is 6.13. The quantitative estimate of drug-likeness (QED) is 0.550. The van der Waals surface area contributed by atoms with Gasteiger partial charge in [-0.3, -0.25) is 9.59 Å². The number of aryl methyl sites for hydroxylation is 1. The van der Waals surface area contributed by atoms with Crippen molar-refractivity contribution in [2.45, 2.75) is 12.8 Å². The molecule has 3 rings (SSSR count). The molecule has 0 unspecified atom stereocenters. The first kappa shape index (κ1) is 20.5. The molecule has 0 saturated carbocycles. The van der Waals surface area contributed by atoms with Crippen LogP contribution in [0.3, 0.4) is 0 Å². The van der Waals surface area contributed by atoms with Crippen molar-refractivity contribution < 1.29 is 18.5 Å². The molecule has 0 radical (unpaired) electrons. The van der Waals surface area contributed by atoms with Gasteiger partial charge in [0.1, 0.15) is 5.82 Å². The molecule has 0 aliphatic rings. The van der Waals surface area contributed by atoms with Crippen molar-refractivity contribution in [3.05, 3.63) is 70.8 Å². The molecule has 2 aromatic carbocycles. The number of nitrogens with one attached hydrogen (secondary N) is 2. The first-order chi connectivity index (χ1) is 14.0. The minimum Gasteiger partial charge on any atom is -0.354 e. The summed E-state index contributed by atoms with van der Waals surface area (Å²) in [5, 5.41) is 9.80. The Bertz CT molecular complexity index is 974. The van der Waals surface area contributed by atoms with E-state index in [1.165, 1.54) is 12.1 Å². The third kappa shape index (κ3) is 6.11. The zero-order chi connectivity index (χ0) is 20.6. The average molecular weight is 417 g/mol. The molecule has 1 aromatic heterocycles. The molecule has 0 fully saturated rings. The Hall–Kier alpha value is -3.26. The lowest BCUT2D eigenvalue weighted by molar-refractivity contribution is -0.121. The van der Waals surface area contributed by atoms with Gasteiger partial charge in [-0.2, -0.15) is 4.98 Å². The minimum atomic E-state index is -0.349. The van der Waals surface area contributed by atoms with Crippen molar-refractivity contribution >= 4 is 23.4 Å². The van der Waals surface area contributed by atoms with Crippen molar-refractivity contribution in [2.75, 3.05) is 13.1 Å². The molecule has 150 valence electrons. The molecule has 2 N–H and O–H groups in total. The lowest BCUT2D eigenvalue weighted by Gasteiger charge is -2.07. The molecule has 0 aliphatic carbocycles. The van der Waals surface area contributed by atoms with Crippen LogP contribution in [0.25, 0.3) is 11.4 Å². The van der Waals surface area contributed by atoms with Crippen LogP contribution in [-0.2, 0) is 11.2 Å². The molecule has 7 nitrogen and oxygen atoms in total. The van der Waals surface area contributed by atoms with Crippen molar-refractivity contribution in [3.63, 3.8) is 0 Å². The van der Waals surface area contributed by atoms with E-state index in [0.717, 1.165) is 0 Å². The summed E-state index contributed by atoms with van der Waals surface area (Å²) in [7, 11) is 0. The topological polar surface area (TPSA) is 97.1 Å². The maximum Gasteiger partial charge on any atom is 0.251 e. The predicted molar refractivity (Wildman–Crippen MR) is 105 cm³/mol. The number of amides is 2. The minimum absolute atomic E-state index is 0.163. The van der Waals surface area contributed by atoms with E-state index in [-0.39, 0.29) is 30.5 Å². The van der Waals surface area contributed by atoms with Crippen LogP contribution in [0.4, 0.5) is 4.39 Å². The summed E-state index contributed by atoms with van der Waals surface area (Å²) in [6.45, 7) is 0.589. The van der Waals surface area contributed by atoms with E-state index in [2.05, 4.69) is 20.8 Å². The van der Waals surface area contributed by atoms with Gasteiger partial charge in [-0.1, -0.05) is 16.8 Å². The van der Waals surface area contributed by atoms with Crippen molar-refractivity contribution in [1.29, 1.82) is 0 Å². The Balaban J connectivity index is 1.36. The van der Waals surface area contributed by atoms with E-state index in [9.17, 15) is 14.0 Å². The maximum atomic E-state index is 13.0. The van der Waals surface area contributed by atoms with Crippen LogP contribution in [0.5, 0.6) is 0 Å². The van der Waals surface area contributed by atoms with E-state index in [1.807, 2.05) is 0 Å². The van der Waals surface area contributed by atoms with Gasteiger partial charge in [-0.25, -0.2) is 4.39 Å². The van der Waals surface area contributed by atoms with Crippen LogP contribution in [0.15, 0.2) is 53.1 Å². The van der Waals surface area contributed by atoms with Crippen LogP contribution in [0.1, 0.15) is 22.7 Å². The largest absolute Gasteiger partial charge is 0.354 e. The van der Waals surface area contributed by atoms with Crippen molar-refractivity contribution in [1.82, 2.24) is 20.8 Å². The highest BCUT2D eigenvalue weighted by atomic mass is 35.5. The van der Waals surface area contributed by atoms with E-state index in [1.54, 1.807) is 36.4 Å². The number of rotatable bonds is 8. The summed E-state index contributed by atoms with van der Waals surface area (Å²) in [4.78, 5) is 28.0. The summed E-state index contributed by atoms with van der Waals surface area (Å²) in [6, 6.07) is 12.2. The van der Waals surface area contributed by atoms with Crippen molar-refractivity contribution in [3.8, 4) is 11.4 Å². The van der Waals surface area contributed by atoms with Gasteiger partial charge in [-0.05, 0) is 48.5 Å². The number of benzene rings is 2. The zero-order valence-electron chi connectivity index (χ0n) is 15.3. The summed E-state index contributed by atoms with van der Waals surface area (Å²) in [6.07, 6.45) is 0.438. The third-order valence-corrected chi connectivity index (χ3v) is 4.23. The molecule has 0 saturated heterocycles. The number of carbonyl (C=O) groups excluding carboxylic acids is 2. The van der Waals surface area contributed by atoms with Gasteiger partial charge < -0.3 is 15.2 Å². The van der Waals surface area contributed by atoms with Gasteiger partial charge in [0.15, 0.2) is 0 Å². The van der Waals surface area contributed by atoms with Crippen LogP contribution in [0.2, 0.25) is 5.02 Å². The van der Waals surface area contributed by atoms with E-state index in [0.29, 0.717) is 41.0 Å². The third-order valence-electron chi connectivity index (χ3n) is 3.98. The SMILES string of the molecule is O=C(CCc1nc(-c2ccc(F)cc2)no1)NCCNC(=O)c1ccc(Cl)cc1. The number of hydrogen-bond acceptors (Lipinski definition) is 5. The normalized spacial score (nSPS) is 10.6. The molecule has 0 bridgehead atoms. The van der Waals surface area contributed by atoms with E-state index in [4.69, 9.17) is 16.1 Å². The smallest absolute Gasteiger partial charge is 0.251 e. The highest BCUT2D eigenvalue weighted by molar-refractivity contribution is 6.30. The first-order valence-electron chi connectivity index (χ1n) is 8.90. The zero-order valence-corrected chi connectivity index (χ0v) is 16.1. The Kier molecular flexibility index (Phi) is 6.91.